The second-order valence-electron chi connectivity index (χ2n) is 5.35. The third kappa shape index (κ3) is 4.79. The van der Waals surface area contributed by atoms with Gasteiger partial charge in [0.25, 0.3) is 5.91 Å². The summed E-state index contributed by atoms with van der Waals surface area (Å²) < 4.78 is 5.24. The highest BCUT2D eigenvalue weighted by atomic mass is 32.2. The Morgan fingerprint density at radius 2 is 2.23 bits per heavy atom. The van der Waals surface area contributed by atoms with Crippen LogP contribution in [0.2, 0.25) is 0 Å². The van der Waals surface area contributed by atoms with Gasteiger partial charge in [0.2, 0.25) is 0 Å². The zero-order chi connectivity index (χ0) is 19.3. The minimum Gasteiger partial charge on any atom is -0.502 e. The number of nitro groups is 1. The van der Waals surface area contributed by atoms with Crippen LogP contribution in [-0.4, -0.2) is 44.3 Å². The van der Waals surface area contributed by atoms with E-state index >= 15 is 0 Å². The highest BCUT2D eigenvalue weighted by Crippen LogP contribution is 2.34. The van der Waals surface area contributed by atoms with E-state index in [0.717, 1.165) is 35.6 Å². The summed E-state index contributed by atoms with van der Waals surface area (Å²) in [7, 11) is 0. The van der Waals surface area contributed by atoms with Crippen molar-refractivity contribution in [2.45, 2.75) is 19.8 Å². The molecule has 26 heavy (non-hydrogen) atoms. The monoisotopic (exact) mass is 396 g/mol. The maximum atomic E-state index is 12.4. The van der Waals surface area contributed by atoms with Crippen LogP contribution in [0.4, 0.5) is 5.69 Å². The molecule has 0 aromatic heterocycles. The Morgan fingerprint density at radius 3 is 2.88 bits per heavy atom. The summed E-state index contributed by atoms with van der Waals surface area (Å²) >= 11 is 6.12. The van der Waals surface area contributed by atoms with Crippen LogP contribution in [0.1, 0.15) is 25.3 Å². The first-order valence-electron chi connectivity index (χ1n) is 7.72. The summed E-state index contributed by atoms with van der Waals surface area (Å²) in [5, 5.41) is 20.4. The molecule has 10 heteroatoms. The molecule has 1 N–H and O–H groups in total. The molecule has 1 amide bonds. The van der Waals surface area contributed by atoms with Crippen molar-refractivity contribution >= 4 is 51.9 Å². The van der Waals surface area contributed by atoms with Crippen LogP contribution in [0.5, 0.6) is 5.75 Å². The Hall–Kier alpha value is -2.46. The molecule has 138 valence electrons. The fraction of sp³-hybridized carbons (Fsp3) is 0.312. The number of hydrogen-bond acceptors (Lipinski definition) is 8. The van der Waals surface area contributed by atoms with Crippen molar-refractivity contribution in [1.29, 1.82) is 0 Å². The number of carbonyl (C=O) groups excluding carboxylic acids is 2. The number of nitro benzene ring substituents is 1. The number of phenolic OH excluding ortho intramolecular Hbond substituents is 1. The number of carbonyl (C=O) groups is 2. The Kier molecular flexibility index (Phi) is 6.70. The molecule has 1 saturated heterocycles. The van der Waals surface area contributed by atoms with Gasteiger partial charge in [-0.1, -0.05) is 43.4 Å². The molecule has 1 heterocycles. The van der Waals surface area contributed by atoms with Gasteiger partial charge in [-0.15, -0.1) is 0 Å². The van der Waals surface area contributed by atoms with Gasteiger partial charge in [0.15, 0.2) is 5.75 Å². The number of nitrogens with zero attached hydrogens (tertiary/aromatic N) is 2. The molecule has 2 rings (SSSR count). The van der Waals surface area contributed by atoms with E-state index in [1.165, 1.54) is 18.2 Å². The largest absolute Gasteiger partial charge is 0.502 e. The average molecular weight is 396 g/mol. The Bertz CT molecular complexity index is 793. The number of aromatic hydroxyl groups is 1. The van der Waals surface area contributed by atoms with Crippen LogP contribution in [0.25, 0.3) is 6.08 Å². The second kappa shape index (κ2) is 8.77. The maximum absolute atomic E-state index is 12.4. The molecular weight excluding hydrogens is 380 g/mol. The van der Waals surface area contributed by atoms with E-state index in [1.807, 2.05) is 6.92 Å². The van der Waals surface area contributed by atoms with Gasteiger partial charge in [-0.05, 0) is 24.1 Å². The van der Waals surface area contributed by atoms with E-state index in [2.05, 4.69) is 0 Å². The molecule has 0 spiro atoms. The number of rotatable bonds is 7. The predicted octanol–water partition coefficient (Wildman–Crippen LogP) is 2.84. The molecule has 1 fully saturated rings. The third-order valence-electron chi connectivity index (χ3n) is 3.42. The fourth-order valence-electron chi connectivity index (χ4n) is 2.07. The smallest absolute Gasteiger partial charge is 0.326 e. The first kappa shape index (κ1) is 19.9. The Labute approximate surface area is 159 Å². The maximum Gasteiger partial charge on any atom is 0.326 e. The van der Waals surface area contributed by atoms with Gasteiger partial charge < -0.3 is 9.84 Å². The summed E-state index contributed by atoms with van der Waals surface area (Å²) in [5.41, 5.74) is -0.103. The second-order valence-corrected chi connectivity index (χ2v) is 7.02. The lowest BCUT2D eigenvalue weighted by molar-refractivity contribution is -0.385. The van der Waals surface area contributed by atoms with Crippen LogP contribution in [0, 0.1) is 10.1 Å². The number of esters is 1. The average Bonchev–Trinajstić information content (AvgIpc) is 2.84. The quantitative estimate of drug-likeness (QED) is 0.187. The number of hydrogen-bond donors (Lipinski definition) is 1. The molecule has 1 aromatic carbocycles. The van der Waals surface area contributed by atoms with E-state index in [0.29, 0.717) is 5.56 Å². The number of benzene rings is 1. The van der Waals surface area contributed by atoms with E-state index in [9.17, 15) is 24.8 Å². The van der Waals surface area contributed by atoms with Crippen LogP contribution >= 0.6 is 24.0 Å². The van der Waals surface area contributed by atoms with E-state index in [1.54, 1.807) is 0 Å². The van der Waals surface area contributed by atoms with Crippen molar-refractivity contribution in [2.24, 2.45) is 0 Å². The van der Waals surface area contributed by atoms with Gasteiger partial charge in [0.1, 0.15) is 10.9 Å². The molecule has 8 nitrogen and oxygen atoms in total. The molecule has 0 atom stereocenters. The first-order valence-corrected chi connectivity index (χ1v) is 8.94. The normalized spacial score (nSPS) is 15.6. The van der Waals surface area contributed by atoms with Gasteiger partial charge in [0.05, 0.1) is 16.4 Å². The molecule has 0 unspecified atom stereocenters. The van der Waals surface area contributed by atoms with Gasteiger partial charge in [-0.3, -0.25) is 24.6 Å². The third-order valence-corrected chi connectivity index (χ3v) is 4.79. The fourth-order valence-corrected chi connectivity index (χ4v) is 3.32. The van der Waals surface area contributed by atoms with Crippen molar-refractivity contribution in [1.82, 2.24) is 4.90 Å². The Balaban J connectivity index is 2.13. The van der Waals surface area contributed by atoms with Gasteiger partial charge in [0, 0.05) is 6.07 Å². The number of unbranched alkanes of at least 4 members (excludes halogenated alkanes) is 1. The standard InChI is InChI=1S/C16H16N2O6S2/c1-2-3-6-24-14(20)9-17-15(21)13(26-16(17)25)8-10-4-5-12(19)11(7-10)18(22)23/h4-5,7-8,19H,2-3,6,9H2,1H3/b13-8-. The van der Waals surface area contributed by atoms with Crippen LogP contribution in [-0.2, 0) is 14.3 Å². The lowest BCUT2D eigenvalue weighted by Gasteiger charge is -2.13. The van der Waals surface area contributed by atoms with Crippen LogP contribution in [0.3, 0.4) is 0 Å². The van der Waals surface area contributed by atoms with E-state index in [-0.39, 0.29) is 22.4 Å². The lowest BCUT2D eigenvalue weighted by atomic mass is 10.1. The molecule has 1 aliphatic heterocycles. The summed E-state index contributed by atoms with van der Waals surface area (Å²) in [6.45, 7) is 1.98. The number of phenols is 1. The van der Waals surface area contributed by atoms with E-state index < -0.39 is 28.2 Å². The summed E-state index contributed by atoms with van der Waals surface area (Å²) in [6.07, 6.45) is 3.05. The summed E-state index contributed by atoms with van der Waals surface area (Å²) in [5.74, 6) is -1.48. The van der Waals surface area contributed by atoms with Crippen molar-refractivity contribution in [3.05, 3.63) is 38.8 Å². The predicted molar refractivity (Wildman–Crippen MR) is 101 cm³/mol. The lowest BCUT2D eigenvalue weighted by Crippen LogP contribution is -2.34. The van der Waals surface area contributed by atoms with Crippen molar-refractivity contribution in [3.8, 4) is 5.75 Å². The van der Waals surface area contributed by atoms with E-state index in [4.69, 9.17) is 17.0 Å². The molecular formula is C16H16N2O6S2. The minimum absolute atomic E-state index is 0.210. The van der Waals surface area contributed by atoms with Crippen molar-refractivity contribution in [2.75, 3.05) is 13.2 Å². The number of thiocarbonyl (C=S) groups is 1. The number of amides is 1. The Morgan fingerprint density at radius 1 is 1.50 bits per heavy atom. The minimum atomic E-state index is -0.718. The highest BCUT2D eigenvalue weighted by Gasteiger charge is 2.33. The molecule has 0 aliphatic carbocycles. The molecule has 0 saturated carbocycles. The summed E-state index contributed by atoms with van der Waals surface area (Å²) in [6, 6.07) is 3.77. The molecule has 0 radical (unpaired) electrons. The highest BCUT2D eigenvalue weighted by molar-refractivity contribution is 8.26. The number of ether oxygens (including phenoxy) is 1. The van der Waals surface area contributed by atoms with Crippen molar-refractivity contribution in [3.63, 3.8) is 0 Å². The first-order chi connectivity index (χ1) is 12.3. The molecule has 1 aliphatic rings. The zero-order valence-electron chi connectivity index (χ0n) is 13.8. The SMILES string of the molecule is CCCCOC(=O)CN1C(=O)/C(=C/c2ccc(O)c([N+](=O)[O-])c2)SC1=S. The number of thioether (sulfide) groups is 1. The van der Waals surface area contributed by atoms with Gasteiger partial charge in [-0.25, -0.2) is 0 Å². The zero-order valence-corrected chi connectivity index (χ0v) is 15.5. The topological polar surface area (TPSA) is 110 Å². The van der Waals surface area contributed by atoms with Gasteiger partial charge >= 0.3 is 11.7 Å². The van der Waals surface area contributed by atoms with Crippen LogP contribution < -0.4 is 0 Å². The summed E-state index contributed by atoms with van der Waals surface area (Å²) in [4.78, 5) is 35.7. The molecule has 1 aromatic rings. The molecule has 0 bridgehead atoms. The van der Waals surface area contributed by atoms with Crippen LogP contribution in [0.15, 0.2) is 23.1 Å². The van der Waals surface area contributed by atoms with Crippen molar-refractivity contribution < 1.29 is 24.4 Å². The van der Waals surface area contributed by atoms with Gasteiger partial charge in [-0.2, -0.15) is 0 Å².